The number of aromatic nitrogens is 1. The molecule has 1 unspecified atom stereocenters. The van der Waals surface area contributed by atoms with E-state index in [-0.39, 0.29) is 16.5 Å². The third kappa shape index (κ3) is 6.35. The number of amides is 2. The minimum Gasteiger partial charge on any atom is -0.371 e. The van der Waals surface area contributed by atoms with Crippen molar-refractivity contribution in [3.05, 3.63) is 58.2 Å². The van der Waals surface area contributed by atoms with Gasteiger partial charge in [-0.1, -0.05) is 23.7 Å². The third-order valence-corrected chi connectivity index (χ3v) is 8.38. The van der Waals surface area contributed by atoms with Crippen LogP contribution < -0.4 is 4.90 Å². The van der Waals surface area contributed by atoms with Gasteiger partial charge in [0.2, 0.25) is 5.60 Å². The van der Waals surface area contributed by atoms with Gasteiger partial charge in [-0.3, -0.25) is 9.59 Å². The van der Waals surface area contributed by atoms with Crippen LogP contribution in [0.25, 0.3) is 0 Å². The standard InChI is InChI=1S/C29H37ClF2N4O3/c1-19-15-25(33-18-24(19)26(37)34(2)3)35-11-7-20(8-12-35)16-21-9-13-36(14-10-21)28(38)29(39,27(31)32)22-5-4-6-23(30)17-22/h4-6,15,17-18,20-21,27,39H,7-14,16H2,1-3H3. The van der Waals surface area contributed by atoms with E-state index in [1.54, 1.807) is 25.2 Å². The Hall–Kier alpha value is -2.78. The second-order valence-corrected chi connectivity index (χ2v) is 11.5. The molecule has 0 radical (unpaired) electrons. The molecular formula is C29H37ClF2N4O3. The zero-order valence-corrected chi connectivity index (χ0v) is 23.5. The molecule has 10 heteroatoms. The summed E-state index contributed by atoms with van der Waals surface area (Å²) >= 11 is 5.94. The van der Waals surface area contributed by atoms with Gasteiger partial charge in [0.15, 0.2) is 0 Å². The fourth-order valence-electron chi connectivity index (χ4n) is 5.73. The zero-order valence-electron chi connectivity index (χ0n) is 22.7. The van der Waals surface area contributed by atoms with Gasteiger partial charge in [-0.15, -0.1) is 0 Å². The normalized spacial score (nSPS) is 18.8. The molecule has 0 aliphatic carbocycles. The van der Waals surface area contributed by atoms with E-state index < -0.39 is 17.9 Å². The van der Waals surface area contributed by atoms with Crippen LogP contribution in [0.15, 0.2) is 36.5 Å². The number of piperidine rings is 2. The molecule has 0 bridgehead atoms. The molecule has 2 saturated heterocycles. The number of rotatable bonds is 7. The van der Waals surface area contributed by atoms with E-state index >= 15 is 0 Å². The van der Waals surface area contributed by atoms with Crippen molar-refractivity contribution in [2.24, 2.45) is 11.8 Å². The van der Waals surface area contributed by atoms with Gasteiger partial charge in [-0.05, 0) is 74.6 Å². The highest BCUT2D eigenvalue weighted by Crippen LogP contribution is 2.36. The first-order valence-corrected chi connectivity index (χ1v) is 13.9. The fraction of sp³-hybridized carbons (Fsp3) is 0.552. The number of likely N-dealkylation sites (tertiary alicyclic amines) is 1. The molecule has 7 nitrogen and oxygen atoms in total. The van der Waals surface area contributed by atoms with E-state index in [2.05, 4.69) is 9.88 Å². The van der Waals surface area contributed by atoms with Crippen molar-refractivity contribution in [1.82, 2.24) is 14.8 Å². The Morgan fingerprint density at radius 1 is 1.10 bits per heavy atom. The first-order valence-electron chi connectivity index (χ1n) is 13.5. The van der Waals surface area contributed by atoms with E-state index in [9.17, 15) is 23.5 Å². The number of hydrogen-bond acceptors (Lipinski definition) is 5. The third-order valence-electron chi connectivity index (χ3n) is 8.15. The number of carbonyl (C=O) groups is 2. The van der Waals surface area contributed by atoms with Crippen LogP contribution in [0.5, 0.6) is 0 Å². The number of aryl methyl sites for hydroxylation is 1. The molecule has 2 fully saturated rings. The van der Waals surface area contributed by atoms with Crippen LogP contribution in [0.1, 0.15) is 53.6 Å². The van der Waals surface area contributed by atoms with E-state index in [4.69, 9.17) is 11.6 Å². The van der Waals surface area contributed by atoms with Crippen molar-refractivity contribution in [2.45, 2.75) is 51.1 Å². The molecule has 2 aromatic rings. The molecule has 2 aliphatic heterocycles. The second kappa shape index (κ2) is 12.2. The smallest absolute Gasteiger partial charge is 0.280 e. The van der Waals surface area contributed by atoms with Gasteiger partial charge < -0.3 is 19.8 Å². The summed E-state index contributed by atoms with van der Waals surface area (Å²) in [6, 6.07) is 7.48. The van der Waals surface area contributed by atoms with Crippen LogP contribution in [-0.4, -0.2) is 78.4 Å². The summed E-state index contributed by atoms with van der Waals surface area (Å²) in [5.74, 6) is 0.829. The predicted molar refractivity (Wildman–Crippen MR) is 147 cm³/mol. The number of carbonyl (C=O) groups excluding carboxylic acids is 2. The monoisotopic (exact) mass is 562 g/mol. The highest BCUT2D eigenvalue weighted by atomic mass is 35.5. The van der Waals surface area contributed by atoms with Gasteiger partial charge in [0, 0.05) is 57.1 Å². The van der Waals surface area contributed by atoms with Gasteiger partial charge >= 0.3 is 0 Å². The number of aliphatic hydroxyl groups is 1. The molecule has 2 aliphatic rings. The van der Waals surface area contributed by atoms with E-state index in [1.807, 2.05) is 13.0 Å². The van der Waals surface area contributed by atoms with Gasteiger partial charge in [-0.25, -0.2) is 13.8 Å². The number of anilines is 1. The quantitative estimate of drug-likeness (QED) is 0.527. The molecule has 1 aromatic carbocycles. The van der Waals surface area contributed by atoms with Gasteiger partial charge in [-0.2, -0.15) is 0 Å². The summed E-state index contributed by atoms with van der Waals surface area (Å²) in [5.41, 5.74) is -1.57. The summed E-state index contributed by atoms with van der Waals surface area (Å²) in [6.45, 7) is 4.40. The number of nitrogens with zero attached hydrogens (tertiary/aromatic N) is 4. The first kappa shape index (κ1) is 29.2. The van der Waals surface area contributed by atoms with Crippen molar-refractivity contribution < 1.29 is 23.5 Å². The Morgan fingerprint density at radius 2 is 1.72 bits per heavy atom. The maximum absolute atomic E-state index is 14.0. The van der Waals surface area contributed by atoms with Crippen LogP contribution >= 0.6 is 11.6 Å². The molecule has 4 rings (SSSR count). The lowest BCUT2D eigenvalue weighted by Gasteiger charge is -2.39. The van der Waals surface area contributed by atoms with Gasteiger partial charge in [0.1, 0.15) is 5.82 Å². The minimum atomic E-state index is -3.27. The number of hydrogen-bond donors (Lipinski definition) is 1. The van der Waals surface area contributed by atoms with Crippen LogP contribution in [-0.2, 0) is 10.4 Å². The number of halogens is 3. The first-order chi connectivity index (χ1) is 18.5. The zero-order chi connectivity index (χ0) is 28.3. The summed E-state index contributed by atoms with van der Waals surface area (Å²) in [6.07, 6.45) is 2.93. The molecule has 1 N–H and O–H groups in total. The molecule has 0 saturated carbocycles. The Bertz CT molecular complexity index is 1180. The van der Waals surface area contributed by atoms with Crippen molar-refractivity contribution in [2.75, 3.05) is 45.2 Å². The largest absolute Gasteiger partial charge is 0.371 e. The van der Waals surface area contributed by atoms with Crippen molar-refractivity contribution in [1.29, 1.82) is 0 Å². The number of benzene rings is 1. The molecule has 0 spiro atoms. The van der Waals surface area contributed by atoms with E-state index in [1.165, 1.54) is 29.2 Å². The minimum absolute atomic E-state index is 0.0543. The van der Waals surface area contributed by atoms with Crippen LogP contribution in [0.2, 0.25) is 5.02 Å². The Balaban J connectivity index is 1.28. The van der Waals surface area contributed by atoms with Crippen molar-refractivity contribution in [3.8, 4) is 0 Å². The summed E-state index contributed by atoms with van der Waals surface area (Å²) in [7, 11) is 3.46. The van der Waals surface area contributed by atoms with Gasteiger partial charge in [0.25, 0.3) is 18.2 Å². The highest BCUT2D eigenvalue weighted by Gasteiger charge is 2.50. The lowest BCUT2D eigenvalue weighted by molar-refractivity contribution is -0.173. The highest BCUT2D eigenvalue weighted by molar-refractivity contribution is 6.30. The van der Waals surface area contributed by atoms with E-state index in [0.29, 0.717) is 30.5 Å². The lowest BCUT2D eigenvalue weighted by atomic mass is 9.82. The topological polar surface area (TPSA) is 77.0 Å². The average molecular weight is 563 g/mol. The molecular weight excluding hydrogens is 526 g/mol. The van der Waals surface area contributed by atoms with Crippen LogP contribution in [0.3, 0.4) is 0 Å². The molecule has 1 aromatic heterocycles. The number of pyridine rings is 1. The lowest BCUT2D eigenvalue weighted by Crippen LogP contribution is -2.53. The van der Waals surface area contributed by atoms with E-state index in [0.717, 1.165) is 56.6 Å². The fourth-order valence-corrected chi connectivity index (χ4v) is 5.92. The van der Waals surface area contributed by atoms with Crippen molar-refractivity contribution >= 4 is 29.2 Å². The Kier molecular flexibility index (Phi) is 9.11. The van der Waals surface area contributed by atoms with Gasteiger partial charge in [0.05, 0.1) is 5.56 Å². The van der Waals surface area contributed by atoms with Crippen LogP contribution in [0, 0.1) is 18.8 Å². The molecule has 212 valence electrons. The molecule has 3 heterocycles. The SMILES string of the molecule is Cc1cc(N2CCC(CC3CCN(C(=O)C(O)(c4cccc(Cl)c4)C(F)F)CC3)CC2)ncc1C(=O)N(C)C. The maximum atomic E-state index is 14.0. The Morgan fingerprint density at radius 3 is 2.26 bits per heavy atom. The molecule has 2 amide bonds. The molecule has 39 heavy (non-hydrogen) atoms. The maximum Gasteiger partial charge on any atom is 0.280 e. The average Bonchev–Trinajstić information content (AvgIpc) is 2.92. The number of alkyl halides is 2. The predicted octanol–water partition coefficient (Wildman–Crippen LogP) is 4.74. The van der Waals surface area contributed by atoms with Crippen LogP contribution in [0.4, 0.5) is 14.6 Å². The Labute approximate surface area is 233 Å². The summed E-state index contributed by atoms with van der Waals surface area (Å²) in [4.78, 5) is 35.1. The second-order valence-electron chi connectivity index (χ2n) is 11.0. The molecule has 1 atom stereocenters. The summed E-state index contributed by atoms with van der Waals surface area (Å²) < 4.78 is 28.0. The van der Waals surface area contributed by atoms with Crippen molar-refractivity contribution in [3.63, 3.8) is 0 Å². The summed E-state index contributed by atoms with van der Waals surface area (Å²) in [5, 5.41) is 11.0.